The zero-order valence-corrected chi connectivity index (χ0v) is 10.7. The molecule has 1 aliphatic heterocycles. The number of aryl methyl sites for hydroxylation is 1. The summed E-state index contributed by atoms with van der Waals surface area (Å²) in [4.78, 5) is 11.7. The van der Waals surface area contributed by atoms with E-state index in [1.165, 1.54) is 5.56 Å². The fourth-order valence-corrected chi connectivity index (χ4v) is 1.98. The maximum atomic E-state index is 11.7. The number of amides is 1. The van der Waals surface area contributed by atoms with Crippen LogP contribution >= 0.6 is 0 Å². The minimum atomic E-state index is -0.00207. The van der Waals surface area contributed by atoms with E-state index in [1.807, 2.05) is 31.2 Å². The van der Waals surface area contributed by atoms with Gasteiger partial charge >= 0.3 is 0 Å². The summed E-state index contributed by atoms with van der Waals surface area (Å²) in [6.07, 6.45) is 1.09. The van der Waals surface area contributed by atoms with Crippen molar-refractivity contribution in [2.75, 3.05) is 31.6 Å². The van der Waals surface area contributed by atoms with E-state index in [4.69, 9.17) is 4.74 Å². The van der Waals surface area contributed by atoms with E-state index in [0.717, 1.165) is 31.9 Å². The molecule has 2 N–H and O–H groups in total. The van der Waals surface area contributed by atoms with Gasteiger partial charge < -0.3 is 15.4 Å². The van der Waals surface area contributed by atoms with Crippen molar-refractivity contribution >= 4 is 11.6 Å². The zero-order valence-electron chi connectivity index (χ0n) is 10.7. The average molecular weight is 248 g/mol. The highest BCUT2D eigenvalue weighted by atomic mass is 16.5. The Kier molecular flexibility index (Phi) is 4.73. The largest absolute Gasteiger partial charge is 0.381 e. The van der Waals surface area contributed by atoms with E-state index in [2.05, 4.69) is 10.6 Å². The van der Waals surface area contributed by atoms with Gasteiger partial charge in [-0.15, -0.1) is 0 Å². The molecule has 98 valence electrons. The van der Waals surface area contributed by atoms with Crippen molar-refractivity contribution in [3.8, 4) is 0 Å². The lowest BCUT2D eigenvalue weighted by Gasteiger charge is -2.09. The van der Waals surface area contributed by atoms with Crippen molar-refractivity contribution in [2.24, 2.45) is 5.92 Å². The highest BCUT2D eigenvalue weighted by Crippen LogP contribution is 2.10. The Hall–Kier alpha value is -1.39. The Bertz CT molecular complexity index is 383. The molecule has 0 radical (unpaired) electrons. The third-order valence-corrected chi connectivity index (χ3v) is 3.08. The summed E-state index contributed by atoms with van der Waals surface area (Å²) in [5.41, 5.74) is 2.03. The summed E-state index contributed by atoms with van der Waals surface area (Å²) >= 11 is 0. The molecule has 0 bridgehead atoms. The first kappa shape index (κ1) is 13.1. The molecule has 1 aliphatic rings. The second-order valence-electron chi connectivity index (χ2n) is 4.77. The van der Waals surface area contributed by atoms with Gasteiger partial charge in [0.15, 0.2) is 0 Å². The average Bonchev–Trinajstić information content (AvgIpc) is 2.85. The van der Waals surface area contributed by atoms with E-state index in [1.54, 1.807) is 0 Å². The molecule has 1 atom stereocenters. The normalized spacial score (nSPS) is 18.8. The fourth-order valence-electron chi connectivity index (χ4n) is 1.98. The van der Waals surface area contributed by atoms with Crippen LogP contribution in [-0.2, 0) is 9.53 Å². The minimum absolute atomic E-state index is 0.00207. The van der Waals surface area contributed by atoms with Gasteiger partial charge in [-0.05, 0) is 31.4 Å². The van der Waals surface area contributed by atoms with Crippen LogP contribution in [0, 0.1) is 12.8 Å². The predicted octanol–water partition coefficient (Wildman–Crippen LogP) is 1.56. The molecule has 2 rings (SSSR count). The summed E-state index contributed by atoms with van der Waals surface area (Å²) in [6, 6.07) is 7.80. The van der Waals surface area contributed by atoms with Crippen molar-refractivity contribution in [3.05, 3.63) is 29.8 Å². The summed E-state index contributed by atoms with van der Waals surface area (Å²) in [5, 5.41) is 6.03. The number of hydrogen-bond acceptors (Lipinski definition) is 3. The standard InChI is InChI=1S/C14H20N2O2/c1-11-2-4-13(5-3-11)16-14(17)9-15-8-12-6-7-18-10-12/h2-5,12,15H,6-10H2,1H3,(H,16,17). The lowest BCUT2D eigenvalue weighted by molar-refractivity contribution is -0.115. The molecule has 4 nitrogen and oxygen atoms in total. The van der Waals surface area contributed by atoms with Gasteiger partial charge in [0.2, 0.25) is 5.91 Å². The van der Waals surface area contributed by atoms with Gasteiger partial charge in [0.1, 0.15) is 0 Å². The van der Waals surface area contributed by atoms with Gasteiger partial charge in [-0.3, -0.25) is 4.79 Å². The second-order valence-corrected chi connectivity index (χ2v) is 4.77. The molecule has 1 saturated heterocycles. The number of anilines is 1. The number of ether oxygens (including phenoxy) is 1. The second kappa shape index (κ2) is 6.52. The topological polar surface area (TPSA) is 50.4 Å². The van der Waals surface area contributed by atoms with Crippen LogP contribution in [0.1, 0.15) is 12.0 Å². The number of carbonyl (C=O) groups excluding carboxylic acids is 1. The molecule has 1 aromatic rings. The van der Waals surface area contributed by atoms with Crippen molar-refractivity contribution in [3.63, 3.8) is 0 Å². The zero-order chi connectivity index (χ0) is 12.8. The molecule has 1 aromatic carbocycles. The lowest BCUT2D eigenvalue weighted by Crippen LogP contribution is -2.31. The summed E-state index contributed by atoms with van der Waals surface area (Å²) in [5.74, 6) is 0.551. The van der Waals surface area contributed by atoms with Crippen LogP contribution in [0.5, 0.6) is 0 Å². The Morgan fingerprint density at radius 1 is 1.39 bits per heavy atom. The Balaban J connectivity index is 1.66. The van der Waals surface area contributed by atoms with Crippen molar-refractivity contribution in [2.45, 2.75) is 13.3 Å². The number of rotatable bonds is 5. The lowest BCUT2D eigenvalue weighted by atomic mass is 10.1. The molecule has 0 aromatic heterocycles. The molecule has 1 fully saturated rings. The van der Waals surface area contributed by atoms with Gasteiger partial charge in [0, 0.05) is 18.8 Å². The van der Waals surface area contributed by atoms with E-state index in [9.17, 15) is 4.79 Å². The smallest absolute Gasteiger partial charge is 0.238 e. The van der Waals surface area contributed by atoms with Crippen molar-refractivity contribution in [1.82, 2.24) is 5.32 Å². The maximum absolute atomic E-state index is 11.7. The third kappa shape index (κ3) is 4.13. The highest BCUT2D eigenvalue weighted by molar-refractivity contribution is 5.92. The van der Waals surface area contributed by atoms with Crippen LogP contribution in [-0.4, -0.2) is 32.2 Å². The minimum Gasteiger partial charge on any atom is -0.381 e. The van der Waals surface area contributed by atoms with Crippen molar-refractivity contribution < 1.29 is 9.53 Å². The molecular weight excluding hydrogens is 228 g/mol. The first-order chi connectivity index (χ1) is 8.74. The first-order valence-corrected chi connectivity index (χ1v) is 6.39. The van der Waals surface area contributed by atoms with Gasteiger partial charge in [-0.25, -0.2) is 0 Å². The van der Waals surface area contributed by atoms with Gasteiger partial charge in [0.25, 0.3) is 0 Å². The monoisotopic (exact) mass is 248 g/mol. The molecule has 0 saturated carbocycles. The predicted molar refractivity (Wildman–Crippen MR) is 71.6 cm³/mol. The summed E-state index contributed by atoms with van der Waals surface area (Å²) in [6.45, 7) is 4.89. The maximum Gasteiger partial charge on any atom is 0.238 e. The van der Waals surface area contributed by atoms with E-state index in [-0.39, 0.29) is 5.91 Å². The summed E-state index contributed by atoms with van der Waals surface area (Å²) < 4.78 is 5.28. The van der Waals surface area contributed by atoms with Crippen LogP contribution in [0.3, 0.4) is 0 Å². The molecule has 1 heterocycles. The van der Waals surface area contributed by atoms with E-state index < -0.39 is 0 Å². The van der Waals surface area contributed by atoms with Gasteiger partial charge in [0.05, 0.1) is 13.2 Å². The van der Waals surface area contributed by atoms with Gasteiger partial charge in [-0.1, -0.05) is 17.7 Å². The number of hydrogen-bond donors (Lipinski definition) is 2. The van der Waals surface area contributed by atoms with E-state index >= 15 is 0 Å². The van der Waals surface area contributed by atoms with Crippen LogP contribution in [0.25, 0.3) is 0 Å². The molecule has 0 spiro atoms. The number of nitrogens with one attached hydrogen (secondary N) is 2. The Morgan fingerprint density at radius 3 is 2.83 bits per heavy atom. The highest BCUT2D eigenvalue weighted by Gasteiger charge is 2.15. The van der Waals surface area contributed by atoms with Gasteiger partial charge in [-0.2, -0.15) is 0 Å². The SMILES string of the molecule is Cc1ccc(NC(=O)CNCC2CCOC2)cc1. The Morgan fingerprint density at radius 2 is 2.17 bits per heavy atom. The molecule has 1 amide bonds. The van der Waals surface area contributed by atoms with Crippen LogP contribution in [0.15, 0.2) is 24.3 Å². The van der Waals surface area contributed by atoms with Crippen LogP contribution in [0.2, 0.25) is 0 Å². The quantitative estimate of drug-likeness (QED) is 0.831. The number of benzene rings is 1. The Labute approximate surface area is 108 Å². The van der Waals surface area contributed by atoms with Crippen molar-refractivity contribution in [1.29, 1.82) is 0 Å². The fraction of sp³-hybridized carbons (Fsp3) is 0.500. The molecular formula is C14H20N2O2. The summed E-state index contributed by atoms with van der Waals surface area (Å²) in [7, 11) is 0. The molecule has 4 heteroatoms. The third-order valence-electron chi connectivity index (χ3n) is 3.08. The first-order valence-electron chi connectivity index (χ1n) is 6.39. The molecule has 18 heavy (non-hydrogen) atoms. The molecule has 0 aliphatic carbocycles. The van der Waals surface area contributed by atoms with E-state index in [0.29, 0.717) is 12.5 Å². The van der Waals surface area contributed by atoms with Crippen LogP contribution < -0.4 is 10.6 Å². The molecule has 1 unspecified atom stereocenters. The van der Waals surface area contributed by atoms with Crippen LogP contribution in [0.4, 0.5) is 5.69 Å². The number of carbonyl (C=O) groups is 1.